The third kappa shape index (κ3) is 2.53. The van der Waals surface area contributed by atoms with Gasteiger partial charge in [0.05, 0.1) is 13.1 Å². The summed E-state index contributed by atoms with van der Waals surface area (Å²) in [5.74, 6) is 1.24. The van der Waals surface area contributed by atoms with E-state index in [-0.39, 0.29) is 25.0 Å². The highest BCUT2D eigenvalue weighted by molar-refractivity contribution is 6.01. The van der Waals surface area contributed by atoms with E-state index in [2.05, 4.69) is 5.32 Å². The molecule has 1 fully saturated rings. The Balaban J connectivity index is 1.99. The van der Waals surface area contributed by atoms with Crippen molar-refractivity contribution in [2.45, 2.75) is 20.0 Å². The van der Waals surface area contributed by atoms with Gasteiger partial charge in [-0.1, -0.05) is 6.92 Å². The van der Waals surface area contributed by atoms with Crippen molar-refractivity contribution in [2.24, 2.45) is 0 Å². The summed E-state index contributed by atoms with van der Waals surface area (Å²) in [5.41, 5.74) is 0. The van der Waals surface area contributed by atoms with Gasteiger partial charge in [-0.05, 0) is 18.7 Å². The Hall–Kier alpha value is -1.82. The highest BCUT2D eigenvalue weighted by Crippen LogP contribution is 2.15. The van der Waals surface area contributed by atoms with Crippen molar-refractivity contribution in [2.75, 3.05) is 20.1 Å². The molecule has 98 valence electrons. The van der Waals surface area contributed by atoms with Crippen LogP contribution in [0, 0.1) is 0 Å². The zero-order valence-electron chi connectivity index (χ0n) is 10.6. The molecule has 2 rings (SSSR count). The van der Waals surface area contributed by atoms with Gasteiger partial charge < -0.3 is 14.6 Å². The van der Waals surface area contributed by atoms with Gasteiger partial charge in [-0.3, -0.25) is 9.69 Å². The summed E-state index contributed by atoms with van der Waals surface area (Å²) in [4.78, 5) is 25.9. The first-order valence-electron chi connectivity index (χ1n) is 5.95. The number of nitrogens with one attached hydrogen (secondary N) is 1. The van der Waals surface area contributed by atoms with Crippen molar-refractivity contribution in [1.29, 1.82) is 0 Å². The summed E-state index contributed by atoms with van der Waals surface area (Å²) < 4.78 is 5.55. The second kappa shape index (κ2) is 5.22. The lowest BCUT2D eigenvalue weighted by Crippen LogP contribution is -2.30. The molecule has 0 aliphatic carbocycles. The number of carbonyl (C=O) groups is 2. The molecule has 6 heteroatoms. The van der Waals surface area contributed by atoms with Gasteiger partial charge in [0, 0.05) is 7.05 Å². The molecule has 1 aliphatic heterocycles. The van der Waals surface area contributed by atoms with E-state index in [1.54, 1.807) is 13.1 Å². The van der Waals surface area contributed by atoms with E-state index in [4.69, 9.17) is 4.42 Å². The number of rotatable bonds is 5. The van der Waals surface area contributed by atoms with Gasteiger partial charge in [0.2, 0.25) is 0 Å². The van der Waals surface area contributed by atoms with Gasteiger partial charge in [0.1, 0.15) is 18.1 Å². The Morgan fingerprint density at radius 2 is 2.06 bits per heavy atom. The summed E-state index contributed by atoms with van der Waals surface area (Å²) in [6.45, 7) is 3.88. The average Bonchev–Trinajstić information content (AvgIpc) is 2.88. The molecule has 0 radical (unpaired) electrons. The second-order valence-corrected chi connectivity index (χ2v) is 4.27. The van der Waals surface area contributed by atoms with Crippen LogP contribution in [0.5, 0.6) is 0 Å². The first kappa shape index (κ1) is 12.6. The van der Waals surface area contributed by atoms with E-state index >= 15 is 0 Å². The number of amides is 3. The van der Waals surface area contributed by atoms with Crippen LogP contribution in [0.2, 0.25) is 0 Å². The largest absolute Gasteiger partial charge is 0.463 e. The van der Waals surface area contributed by atoms with Crippen molar-refractivity contribution >= 4 is 11.9 Å². The maximum atomic E-state index is 11.7. The summed E-state index contributed by atoms with van der Waals surface area (Å²) in [7, 11) is 1.61. The molecule has 0 unspecified atom stereocenters. The molecule has 0 spiro atoms. The average molecular weight is 251 g/mol. The Morgan fingerprint density at radius 1 is 1.33 bits per heavy atom. The van der Waals surface area contributed by atoms with Crippen molar-refractivity contribution in [3.05, 3.63) is 23.7 Å². The molecule has 18 heavy (non-hydrogen) atoms. The van der Waals surface area contributed by atoms with E-state index in [9.17, 15) is 9.59 Å². The van der Waals surface area contributed by atoms with Crippen LogP contribution in [0.1, 0.15) is 18.4 Å². The van der Waals surface area contributed by atoms with Gasteiger partial charge in [0.25, 0.3) is 5.91 Å². The Morgan fingerprint density at radius 3 is 2.67 bits per heavy atom. The van der Waals surface area contributed by atoms with Crippen LogP contribution >= 0.6 is 0 Å². The molecular weight excluding hydrogens is 234 g/mol. The number of carbonyl (C=O) groups excluding carboxylic acids is 2. The smallest absolute Gasteiger partial charge is 0.327 e. The predicted octanol–water partition coefficient (Wildman–Crippen LogP) is 0.783. The zero-order chi connectivity index (χ0) is 13.1. The molecule has 0 atom stereocenters. The van der Waals surface area contributed by atoms with Crippen LogP contribution < -0.4 is 5.32 Å². The summed E-state index contributed by atoms with van der Waals surface area (Å²) in [6.07, 6.45) is 0. The standard InChI is InChI=1S/C12H17N3O3/c1-3-13-6-9-4-5-10(18-9)7-15-11(16)8-14(2)12(15)17/h4-5,13H,3,6-8H2,1-2H3. The predicted molar refractivity (Wildman–Crippen MR) is 64.7 cm³/mol. The number of urea groups is 1. The van der Waals surface area contributed by atoms with E-state index in [1.165, 1.54) is 9.80 Å². The molecule has 0 aromatic carbocycles. The molecule has 1 aliphatic rings. The van der Waals surface area contributed by atoms with Crippen LogP contribution in [0.25, 0.3) is 0 Å². The van der Waals surface area contributed by atoms with Crippen LogP contribution in [-0.2, 0) is 17.9 Å². The zero-order valence-corrected chi connectivity index (χ0v) is 10.6. The van der Waals surface area contributed by atoms with Gasteiger partial charge in [-0.2, -0.15) is 0 Å². The minimum atomic E-state index is -0.273. The number of nitrogens with zero attached hydrogens (tertiary/aromatic N) is 2. The van der Waals surface area contributed by atoms with Crippen molar-refractivity contribution < 1.29 is 14.0 Å². The van der Waals surface area contributed by atoms with Crippen LogP contribution in [0.4, 0.5) is 4.79 Å². The Labute approximate surface area is 106 Å². The second-order valence-electron chi connectivity index (χ2n) is 4.27. The van der Waals surface area contributed by atoms with Crippen molar-refractivity contribution in [1.82, 2.24) is 15.1 Å². The van der Waals surface area contributed by atoms with E-state index in [0.29, 0.717) is 12.3 Å². The highest BCUT2D eigenvalue weighted by atomic mass is 16.3. The van der Waals surface area contributed by atoms with Gasteiger partial charge in [0.15, 0.2) is 0 Å². The summed E-state index contributed by atoms with van der Waals surface area (Å²) in [5, 5.41) is 3.15. The molecule has 0 bridgehead atoms. The maximum Gasteiger partial charge on any atom is 0.327 e. The molecule has 1 aromatic heterocycles. The van der Waals surface area contributed by atoms with Crippen LogP contribution in [0.15, 0.2) is 16.5 Å². The maximum absolute atomic E-state index is 11.7. The summed E-state index contributed by atoms with van der Waals surface area (Å²) in [6, 6.07) is 3.38. The fraction of sp³-hybridized carbons (Fsp3) is 0.500. The molecule has 3 amide bonds. The van der Waals surface area contributed by atoms with Crippen LogP contribution in [0.3, 0.4) is 0 Å². The molecule has 1 aromatic rings. The topological polar surface area (TPSA) is 65.8 Å². The SMILES string of the molecule is CCNCc1ccc(CN2C(=O)CN(C)C2=O)o1. The minimum absolute atomic E-state index is 0.143. The number of imide groups is 1. The third-order valence-electron chi connectivity index (χ3n) is 2.81. The van der Waals surface area contributed by atoms with Crippen molar-refractivity contribution in [3.8, 4) is 0 Å². The number of hydrogen-bond acceptors (Lipinski definition) is 4. The van der Waals surface area contributed by atoms with Gasteiger partial charge in [-0.25, -0.2) is 4.79 Å². The first-order valence-corrected chi connectivity index (χ1v) is 5.95. The van der Waals surface area contributed by atoms with E-state index < -0.39 is 0 Å². The molecule has 6 nitrogen and oxygen atoms in total. The number of furan rings is 1. The van der Waals surface area contributed by atoms with E-state index in [1.807, 2.05) is 13.0 Å². The molecular formula is C12H17N3O3. The number of likely N-dealkylation sites (N-methyl/N-ethyl adjacent to an activating group) is 1. The molecule has 2 heterocycles. The molecule has 1 saturated heterocycles. The highest BCUT2D eigenvalue weighted by Gasteiger charge is 2.33. The fourth-order valence-electron chi connectivity index (χ4n) is 1.83. The lowest BCUT2D eigenvalue weighted by Gasteiger charge is -2.12. The Kier molecular flexibility index (Phi) is 3.66. The third-order valence-corrected chi connectivity index (χ3v) is 2.81. The van der Waals surface area contributed by atoms with Crippen molar-refractivity contribution in [3.63, 3.8) is 0 Å². The van der Waals surface area contributed by atoms with Crippen LogP contribution in [-0.4, -0.2) is 41.9 Å². The Bertz CT molecular complexity index is 455. The summed E-state index contributed by atoms with van der Waals surface area (Å²) >= 11 is 0. The quantitative estimate of drug-likeness (QED) is 0.785. The lowest BCUT2D eigenvalue weighted by atomic mass is 10.4. The van der Waals surface area contributed by atoms with E-state index in [0.717, 1.165) is 12.3 Å². The lowest BCUT2D eigenvalue weighted by molar-refractivity contribution is -0.125. The normalized spacial score (nSPS) is 15.9. The first-order chi connectivity index (χ1) is 8.61. The van der Waals surface area contributed by atoms with Gasteiger partial charge in [-0.15, -0.1) is 0 Å². The molecule has 0 saturated carbocycles. The minimum Gasteiger partial charge on any atom is -0.463 e. The van der Waals surface area contributed by atoms with Gasteiger partial charge >= 0.3 is 6.03 Å². The fourth-order valence-corrected chi connectivity index (χ4v) is 1.83. The number of hydrogen-bond donors (Lipinski definition) is 1. The molecule has 1 N–H and O–H groups in total. The monoisotopic (exact) mass is 251 g/mol.